The molecule has 0 saturated carbocycles. The van der Waals surface area contributed by atoms with Crippen LogP contribution in [0.2, 0.25) is 0 Å². The maximum Gasteiger partial charge on any atom is 0.191 e. The number of guanidine groups is 1. The molecular formula is C22H28IN5. The van der Waals surface area contributed by atoms with Crippen molar-refractivity contribution >= 4 is 29.9 Å². The Labute approximate surface area is 184 Å². The van der Waals surface area contributed by atoms with Gasteiger partial charge < -0.3 is 10.6 Å². The van der Waals surface area contributed by atoms with Crippen molar-refractivity contribution in [2.24, 2.45) is 12.0 Å². The van der Waals surface area contributed by atoms with E-state index in [0.29, 0.717) is 12.5 Å². The third-order valence-electron chi connectivity index (χ3n) is 4.57. The number of aromatic nitrogens is 2. The summed E-state index contributed by atoms with van der Waals surface area (Å²) >= 11 is 0. The van der Waals surface area contributed by atoms with Gasteiger partial charge in [0.05, 0.1) is 6.20 Å². The van der Waals surface area contributed by atoms with Crippen LogP contribution in [0.1, 0.15) is 29.0 Å². The smallest absolute Gasteiger partial charge is 0.191 e. The molecule has 148 valence electrons. The van der Waals surface area contributed by atoms with Crippen molar-refractivity contribution in [1.82, 2.24) is 20.4 Å². The highest BCUT2D eigenvalue weighted by atomic mass is 127. The van der Waals surface area contributed by atoms with Crippen LogP contribution in [0.3, 0.4) is 0 Å². The summed E-state index contributed by atoms with van der Waals surface area (Å²) in [5, 5.41) is 11.0. The van der Waals surface area contributed by atoms with Gasteiger partial charge in [0.1, 0.15) is 0 Å². The second-order valence-electron chi connectivity index (χ2n) is 6.54. The van der Waals surface area contributed by atoms with E-state index in [-0.39, 0.29) is 24.0 Å². The number of hydrogen-bond acceptors (Lipinski definition) is 2. The van der Waals surface area contributed by atoms with Crippen molar-refractivity contribution in [2.45, 2.75) is 18.9 Å². The minimum absolute atomic E-state index is 0. The topological polar surface area (TPSA) is 54.2 Å². The molecule has 3 aromatic rings. The number of benzene rings is 2. The zero-order valence-corrected chi connectivity index (χ0v) is 18.7. The van der Waals surface area contributed by atoms with Gasteiger partial charge in [-0.15, -0.1) is 24.0 Å². The van der Waals surface area contributed by atoms with E-state index in [4.69, 9.17) is 0 Å². The predicted octanol–water partition coefficient (Wildman–Crippen LogP) is 3.93. The average Bonchev–Trinajstić information content (AvgIpc) is 3.14. The predicted molar refractivity (Wildman–Crippen MR) is 126 cm³/mol. The normalized spacial score (nSPS) is 11.2. The number of halogens is 1. The monoisotopic (exact) mass is 489 g/mol. The third-order valence-corrected chi connectivity index (χ3v) is 4.57. The van der Waals surface area contributed by atoms with Gasteiger partial charge in [-0.3, -0.25) is 9.67 Å². The number of nitrogens with zero attached hydrogens (tertiary/aromatic N) is 3. The average molecular weight is 489 g/mol. The lowest BCUT2D eigenvalue weighted by atomic mass is 9.88. The number of aryl methyl sites for hydroxylation is 1. The summed E-state index contributed by atoms with van der Waals surface area (Å²) in [6.07, 6.45) is 4.85. The summed E-state index contributed by atoms with van der Waals surface area (Å²) in [6.45, 7) is 1.54. The fourth-order valence-corrected chi connectivity index (χ4v) is 3.20. The van der Waals surface area contributed by atoms with Crippen LogP contribution >= 0.6 is 24.0 Å². The van der Waals surface area contributed by atoms with Gasteiger partial charge in [-0.05, 0) is 17.5 Å². The molecule has 0 spiro atoms. The second kappa shape index (κ2) is 11.5. The van der Waals surface area contributed by atoms with E-state index in [1.165, 1.54) is 11.1 Å². The number of aliphatic imine (C=N–C) groups is 1. The second-order valence-corrected chi connectivity index (χ2v) is 6.54. The highest BCUT2D eigenvalue weighted by Crippen LogP contribution is 2.27. The van der Waals surface area contributed by atoms with Gasteiger partial charge in [0.15, 0.2) is 5.96 Å². The molecule has 6 heteroatoms. The van der Waals surface area contributed by atoms with Crippen molar-refractivity contribution in [2.75, 3.05) is 13.6 Å². The molecule has 0 aliphatic heterocycles. The van der Waals surface area contributed by atoms with Crippen LogP contribution in [0.4, 0.5) is 0 Å². The number of hydrogen-bond donors (Lipinski definition) is 2. The van der Waals surface area contributed by atoms with Gasteiger partial charge in [0.25, 0.3) is 0 Å². The molecule has 0 atom stereocenters. The molecule has 0 radical (unpaired) electrons. The van der Waals surface area contributed by atoms with Crippen molar-refractivity contribution in [1.29, 1.82) is 0 Å². The molecule has 0 aliphatic rings. The summed E-state index contributed by atoms with van der Waals surface area (Å²) in [7, 11) is 3.72. The Balaban J connectivity index is 0.00000280. The van der Waals surface area contributed by atoms with Gasteiger partial charge in [-0.1, -0.05) is 60.7 Å². The Hall–Kier alpha value is -2.35. The first kappa shape index (κ1) is 21.9. The molecule has 0 unspecified atom stereocenters. The lowest BCUT2D eigenvalue weighted by Crippen LogP contribution is -2.37. The van der Waals surface area contributed by atoms with Gasteiger partial charge >= 0.3 is 0 Å². The van der Waals surface area contributed by atoms with Crippen LogP contribution in [-0.4, -0.2) is 29.3 Å². The summed E-state index contributed by atoms with van der Waals surface area (Å²) in [5.41, 5.74) is 3.81. The van der Waals surface area contributed by atoms with E-state index in [9.17, 15) is 0 Å². The molecule has 2 aromatic carbocycles. The van der Waals surface area contributed by atoms with Crippen LogP contribution in [0.25, 0.3) is 0 Å². The Morgan fingerprint density at radius 2 is 1.61 bits per heavy atom. The summed E-state index contributed by atoms with van der Waals surface area (Å²) in [6, 6.07) is 21.4. The van der Waals surface area contributed by atoms with Crippen molar-refractivity contribution < 1.29 is 0 Å². The van der Waals surface area contributed by atoms with Gasteiger partial charge in [-0.2, -0.15) is 5.10 Å². The minimum Gasteiger partial charge on any atom is -0.356 e. The summed E-state index contributed by atoms with van der Waals surface area (Å²) in [4.78, 5) is 4.32. The van der Waals surface area contributed by atoms with E-state index in [2.05, 4.69) is 81.4 Å². The summed E-state index contributed by atoms with van der Waals surface area (Å²) < 4.78 is 1.80. The van der Waals surface area contributed by atoms with Gasteiger partial charge in [0, 0.05) is 44.9 Å². The molecule has 1 heterocycles. The largest absolute Gasteiger partial charge is 0.356 e. The standard InChI is InChI=1S/C22H27N5.HI/c1-23-22(25-15-18-16-26-27(2)17-18)24-14-13-21(19-9-5-3-6-10-19)20-11-7-4-8-12-20;/h3-12,16-17,21H,13-15H2,1-2H3,(H2,23,24,25);1H. The van der Waals surface area contributed by atoms with E-state index in [0.717, 1.165) is 24.5 Å². The van der Waals surface area contributed by atoms with Crippen LogP contribution in [0, 0.1) is 0 Å². The highest BCUT2D eigenvalue weighted by Gasteiger charge is 2.13. The van der Waals surface area contributed by atoms with E-state index in [1.807, 2.05) is 19.4 Å². The number of rotatable bonds is 7. The minimum atomic E-state index is 0. The molecule has 0 amide bonds. The van der Waals surface area contributed by atoms with Crippen molar-refractivity contribution in [3.8, 4) is 0 Å². The third kappa shape index (κ3) is 6.37. The van der Waals surface area contributed by atoms with E-state index >= 15 is 0 Å². The van der Waals surface area contributed by atoms with Gasteiger partial charge in [-0.25, -0.2) is 0 Å². The maximum atomic E-state index is 4.32. The van der Waals surface area contributed by atoms with E-state index in [1.54, 1.807) is 11.7 Å². The molecule has 5 nitrogen and oxygen atoms in total. The quantitative estimate of drug-likeness (QED) is 0.301. The molecule has 28 heavy (non-hydrogen) atoms. The summed E-state index contributed by atoms with van der Waals surface area (Å²) in [5.74, 6) is 1.16. The lowest BCUT2D eigenvalue weighted by molar-refractivity contribution is 0.678. The van der Waals surface area contributed by atoms with Crippen LogP contribution in [0.15, 0.2) is 78.0 Å². The van der Waals surface area contributed by atoms with Crippen LogP contribution in [-0.2, 0) is 13.6 Å². The SMILES string of the molecule is CN=C(NCCC(c1ccccc1)c1ccccc1)NCc1cnn(C)c1.I. The van der Waals surface area contributed by atoms with Crippen molar-refractivity contribution in [3.63, 3.8) is 0 Å². The van der Waals surface area contributed by atoms with Crippen LogP contribution in [0.5, 0.6) is 0 Å². The number of nitrogens with one attached hydrogen (secondary N) is 2. The first-order chi connectivity index (χ1) is 13.3. The van der Waals surface area contributed by atoms with Crippen LogP contribution < -0.4 is 10.6 Å². The zero-order valence-electron chi connectivity index (χ0n) is 16.4. The zero-order chi connectivity index (χ0) is 18.9. The highest BCUT2D eigenvalue weighted by molar-refractivity contribution is 14.0. The van der Waals surface area contributed by atoms with E-state index < -0.39 is 0 Å². The van der Waals surface area contributed by atoms with Gasteiger partial charge in [0.2, 0.25) is 0 Å². The molecular weight excluding hydrogens is 461 g/mol. The van der Waals surface area contributed by atoms with Crippen molar-refractivity contribution in [3.05, 3.63) is 89.7 Å². The first-order valence-corrected chi connectivity index (χ1v) is 9.28. The maximum absolute atomic E-state index is 4.32. The molecule has 0 saturated heterocycles. The first-order valence-electron chi connectivity index (χ1n) is 9.28. The molecule has 2 N–H and O–H groups in total. The fourth-order valence-electron chi connectivity index (χ4n) is 3.20. The molecule has 0 bridgehead atoms. The molecule has 0 aliphatic carbocycles. The molecule has 1 aromatic heterocycles. The Morgan fingerprint density at radius 3 is 2.11 bits per heavy atom. The Morgan fingerprint density at radius 1 is 1.00 bits per heavy atom. The Kier molecular flexibility index (Phi) is 9.00. The lowest BCUT2D eigenvalue weighted by Gasteiger charge is -2.19. The Bertz CT molecular complexity index is 806. The molecule has 0 fully saturated rings. The molecule has 3 rings (SSSR count). The fraction of sp³-hybridized carbons (Fsp3) is 0.273.